The van der Waals surface area contributed by atoms with Gasteiger partial charge in [0.1, 0.15) is 0 Å². The van der Waals surface area contributed by atoms with Crippen LogP contribution < -0.4 is 4.80 Å². The van der Waals surface area contributed by atoms with Gasteiger partial charge in [-0.1, -0.05) is 12.8 Å². The van der Waals surface area contributed by atoms with Crippen molar-refractivity contribution in [2.75, 3.05) is 0 Å². The maximum atomic E-state index is 12.6. The third kappa shape index (κ3) is 3.11. The highest BCUT2D eigenvalue weighted by molar-refractivity contribution is 7.09. The van der Waals surface area contributed by atoms with E-state index in [1.807, 2.05) is 4.57 Å². The monoisotopic (exact) mass is 371 g/mol. The van der Waals surface area contributed by atoms with E-state index in [1.165, 1.54) is 71.9 Å². The Morgan fingerprint density at radius 2 is 1.85 bits per heavy atom. The van der Waals surface area contributed by atoms with Crippen molar-refractivity contribution in [1.82, 2.24) is 4.57 Å². The van der Waals surface area contributed by atoms with Crippen LogP contribution in [0, 0.1) is 27.4 Å². The molecule has 1 heterocycles. The Morgan fingerprint density at radius 1 is 1.19 bits per heavy atom. The maximum Gasteiger partial charge on any atom is 0.269 e. The number of non-ortho nitro benzene ring substituents is 1. The minimum atomic E-state index is -0.471. The fourth-order valence-corrected chi connectivity index (χ4v) is 5.49. The number of aromatic nitrogens is 1. The molecule has 2 atom stereocenters. The molecule has 1 saturated carbocycles. The molecule has 0 bridgehead atoms. The second kappa shape index (κ2) is 6.79. The number of hydrogen-bond donors (Lipinski definition) is 1. The second-order valence-electron chi connectivity index (χ2n) is 7.30. The van der Waals surface area contributed by atoms with Crippen LogP contribution in [-0.2, 0) is 19.4 Å². The van der Waals surface area contributed by atoms with Gasteiger partial charge in [-0.25, -0.2) is 0 Å². The van der Waals surface area contributed by atoms with Crippen LogP contribution in [0.5, 0.6) is 0 Å². The van der Waals surface area contributed by atoms with Crippen molar-refractivity contribution in [2.45, 2.75) is 45.1 Å². The van der Waals surface area contributed by atoms with Gasteiger partial charge in [-0.2, -0.15) is 0 Å². The van der Waals surface area contributed by atoms with Crippen molar-refractivity contribution in [3.05, 3.63) is 55.3 Å². The number of hydrogen-bond acceptors (Lipinski definition) is 5. The molecule has 0 spiro atoms. The number of nitro groups is 1. The number of nitro benzene ring substituents is 1. The van der Waals surface area contributed by atoms with Gasteiger partial charge in [0.05, 0.1) is 11.5 Å². The van der Waals surface area contributed by atoms with E-state index in [4.69, 9.17) is 5.41 Å². The molecule has 1 aromatic heterocycles. The Balaban J connectivity index is 1.57. The van der Waals surface area contributed by atoms with E-state index in [2.05, 4.69) is 0 Å². The van der Waals surface area contributed by atoms with Crippen LogP contribution in [0.1, 0.15) is 46.6 Å². The maximum absolute atomic E-state index is 12.6. The molecule has 1 aromatic carbocycles. The summed E-state index contributed by atoms with van der Waals surface area (Å²) in [7, 11) is 0. The quantitative estimate of drug-likeness (QED) is 0.504. The van der Waals surface area contributed by atoms with Crippen LogP contribution in [0.3, 0.4) is 0 Å². The van der Waals surface area contributed by atoms with Gasteiger partial charge in [-0.3, -0.25) is 20.3 Å². The predicted octanol–water partition coefficient (Wildman–Crippen LogP) is 3.73. The molecule has 1 fully saturated rings. The second-order valence-corrected chi connectivity index (χ2v) is 8.39. The van der Waals surface area contributed by atoms with Gasteiger partial charge in [0.15, 0.2) is 10.6 Å². The summed E-state index contributed by atoms with van der Waals surface area (Å²) in [5, 5.41) is 19.1. The Bertz CT molecular complexity index is 913. The lowest BCUT2D eigenvalue weighted by molar-refractivity contribution is -0.384. The van der Waals surface area contributed by atoms with Crippen LogP contribution in [-0.4, -0.2) is 15.3 Å². The summed E-state index contributed by atoms with van der Waals surface area (Å²) in [6.45, 7) is 0.139. The Hall–Kier alpha value is -2.28. The average Bonchev–Trinajstić information content (AvgIpc) is 2.94. The first-order chi connectivity index (χ1) is 12.5. The molecule has 0 radical (unpaired) electrons. The third-order valence-corrected chi connectivity index (χ3v) is 6.85. The number of fused-ring (bicyclic) bond motifs is 2. The number of carbonyl (C=O) groups is 1. The molecule has 6 nitrogen and oxygen atoms in total. The number of Topliss-reactive ketones (excluding diaryl/α,β-unsaturated/α-hetero) is 1. The fraction of sp³-hybridized carbons (Fsp3) is 0.474. The summed E-state index contributed by atoms with van der Waals surface area (Å²) in [5.41, 5.74) is 1.60. The molecule has 7 heteroatoms. The summed E-state index contributed by atoms with van der Waals surface area (Å²) < 4.78 is 1.86. The highest BCUT2D eigenvalue weighted by Gasteiger charge is 2.33. The molecule has 26 heavy (non-hydrogen) atoms. The van der Waals surface area contributed by atoms with Gasteiger partial charge in [0.25, 0.3) is 5.69 Å². The van der Waals surface area contributed by atoms with Crippen molar-refractivity contribution in [2.24, 2.45) is 11.8 Å². The molecule has 0 amide bonds. The molecule has 2 unspecified atom stereocenters. The summed E-state index contributed by atoms with van der Waals surface area (Å²) >= 11 is 1.50. The van der Waals surface area contributed by atoms with Crippen molar-refractivity contribution in [3.8, 4) is 0 Å². The van der Waals surface area contributed by atoms with E-state index in [0.717, 1.165) is 18.8 Å². The standard InChI is InChI=1S/C19H21N3O3S/c20-19-21(11-17(23)12-5-7-15(8-6-12)22(24)25)16-9-13-3-1-2-4-14(13)10-18(16)26-19/h5-8,13-14,20H,1-4,9-11H2. The predicted molar refractivity (Wildman–Crippen MR) is 98.4 cm³/mol. The molecule has 2 aliphatic carbocycles. The molecule has 0 saturated heterocycles. The lowest BCUT2D eigenvalue weighted by atomic mass is 9.72. The van der Waals surface area contributed by atoms with E-state index >= 15 is 0 Å². The molecular formula is C19H21N3O3S. The van der Waals surface area contributed by atoms with Crippen LogP contribution >= 0.6 is 11.3 Å². The third-order valence-electron chi connectivity index (χ3n) is 5.78. The van der Waals surface area contributed by atoms with Crippen LogP contribution in [0.2, 0.25) is 0 Å². The van der Waals surface area contributed by atoms with Gasteiger partial charge >= 0.3 is 0 Å². The molecule has 0 aliphatic heterocycles. The smallest absolute Gasteiger partial charge is 0.269 e. The molecule has 136 valence electrons. The van der Waals surface area contributed by atoms with Gasteiger partial charge in [-0.05, 0) is 49.7 Å². The Kier molecular flexibility index (Phi) is 4.48. The zero-order valence-corrected chi connectivity index (χ0v) is 15.3. The van der Waals surface area contributed by atoms with Crippen LogP contribution in [0.4, 0.5) is 5.69 Å². The summed E-state index contributed by atoms with van der Waals surface area (Å²) in [6.07, 6.45) is 7.17. The van der Waals surface area contributed by atoms with Gasteiger partial charge in [-0.15, -0.1) is 11.3 Å². The first kappa shape index (κ1) is 17.1. The Morgan fingerprint density at radius 3 is 2.50 bits per heavy atom. The SMILES string of the molecule is N=c1sc2c(n1CC(=O)c1ccc([N+](=O)[O-])cc1)CC1CCCCC1C2. The summed E-state index contributed by atoms with van der Waals surface area (Å²) in [6, 6.07) is 5.71. The Labute approximate surface area is 155 Å². The van der Waals surface area contributed by atoms with E-state index < -0.39 is 4.92 Å². The number of nitrogens with zero attached hydrogens (tertiary/aromatic N) is 2. The van der Waals surface area contributed by atoms with Gasteiger partial charge in [0, 0.05) is 28.3 Å². The fourth-order valence-electron chi connectivity index (χ4n) is 4.37. The van der Waals surface area contributed by atoms with Crippen molar-refractivity contribution < 1.29 is 9.72 Å². The topological polar surface area (TPSA) is 89.0 Å². The highest BCUT2D eigenvalue weighted by atomic mass is 32.1. The largest absolute Gasteiger partial charge is 0.313 e. The van der Waals surface area contributed by atoms with E-state index in [-0.39, 0.29) is 18.0 Å². The van der Waals surface area contributed by atoms with Crippen molar-refractivity contribution in [1.29, 1.82) is 5.41 Å². The highest BCUT2D eigenvalue weighted by Crippen LogP contribution is 2.40. The number of thiazole rings is 1. The van der Waals surface area contributed by atoms with Gasteiger partial charge < -0.3 is 4.57 Å². The number of rotatable bonds is 4. The lowest BCUT2D eigenvalue weighted by Gasteiger charge is -2.35. The minimum absolute atomic E-state index is 0.0216. The summed E-state index contributed by atoms with van der Waals surface area (Å²) in [5.74, 6) is 1.32. The molecule has 2 aliphatic rings. The van der Waals surface area contributed by atoms with Crippen molar-refractivity contribution >= 4 is 22.8 Å². The van der Waals surface area contributed by atoms with Gasteiger partial charge in [0.2, 0.25) is 0 Å². The number of nitrogens with one attached hydrogen (secondary N) is 1. The molecule has 2 aromatic rings. The lowest BCUT2D eigenvalue weighted by Crippen LogP contribution is -2.30. The normalized spacial score (nSPS) is 21.7. The van der Waals surface area contributed by atoms with E-state index in [9.17, 15) is 14.9 Å². The van der Waals surface area contributed by atoms with E-state index in [1.54, 1.807) is 0 Å². The zero-order valence-electron chi connectivity index (χ0n) is 14.4. The van der Waals surface area contributed by atoms with Crippen LogP contribution in [0.25, 0.3) is 0 Å². The molecule has 1 N–H and O–H groups in total. The minimum Gasteiger partial charge on any atom is -0.313 e. The first-order valence-corrected chi connectivity index (χ1v) is 9.88. The first-order valence-electron chi connectivity index (χ1n) is 9.06. The molecular weight excluding hydrogens is 350 g/mol. The summed E-state index contributed by atoms with van der Waals surface area (Å²) in [4.78, 5) is 24.6. The average molecular weight is 371 g/mol. The zero-order chi connectivity index (χ0) is 18.3. The number of carbonyl (C=O) groups excluding carboxylic acids is 1. The van der Waals surface area contributed by atoms with Crippen molar-refractivity contribution in [3.63, 3.8) is 0 Å². The number of benzene rings is 1. The van der Waals surface area contributed by atoms with Crippen LogP contribution in [0.15, 0.2) is 24.3 Å². The number of ketones is 1. The van der Waals surface area contributed by atoms with E-state index in [0.29, 0.717) is 16.3 Å². The molecule has 4 rings (SSSR count).